The Morgan fingerprint density at radius 3 is 2.70 bits per heavy atom. The summed E-state index contributed by atoms with van der Waals surface area (Å²) in [6.07, 6.45) is 1.97. The number of ether oxygens (including phenoxy) is 1. The summed E-state index contributed by atoms with van der Waals surface area (Å²) in [5.41, 5.74) is 1.14. The molecule has 2 rings (SSSR count). The Morgan fingerprint density at radius 2 is 2.05 bits per heavy atom. The number of methoxy groups -OCH3 is 1. The second-order valence-electron chi connectivity index (χ2n) is 6.37. The molecule has 4 unspecified atom stereocenters. The highest BCUT2D eigenvalue weighted by Gasteiger charge is 2.33. The summed E-state index contributed by atoms with van der Waals surface area (Å²) in [7, 11) is 3.78. The van der Waals surface area contributed by atoms with Crippen LogP contribution in [0.2, 0.25) is 0 Å². The molecule has 0 saturated heterocycles. The van der Waals surface area contributed by atoms with Crippen LogP contribution in [0.1, 0.15) is 26.7 Å². The highest BCUT2D eigenvalue weighted by atomic mass is 16.5. The number of rotatable bonds is 4. The minimum absolute atomic E-state index is 0.179. The van der Waals surface area contributed by atoms with E-state index >= 15 is 0 Å². The van der Waals surface area contributed by atoms with E-state index in [2.05, 4.69) is 31.9 Å². The lowest BCUT2D eigenvalue weighted by Gasteiger charge is -2.39. The zero-order valence-corrected chi connectivity index (χ0v) is 13.0. The third kappa shape index (κ3) is 3.45. The first kappa shape index (κ1) is 15.2. The van der Waals surface area contributed by atoms with Crippen LogP contribution in [-0.4, -0.2) is 31.9 Å². The van der Waals surface area contributed by atoms with Gasteiger partial charge in [-0.1, -0.05) is 19.9 Å². The average molecular weight is 277 g/mol. The first-order valence-corrected chi connectivity index (χ1v) is 7.54. The molecule has 0 aliphatic heterocycles. The lowest BCUT2D eigenvalue weighted by molar-refractivity contribution is 0.0205. The van der Waals surface area contributed by atoms with Crippen molar-refractivity contribution in [3.05, 3.63) is 24.3 Å². The Bertz CT molecular complexity index is 423. The van der Waals surface area contributed by atoms with Crippen molar-refractivity contribution in [1.82, 2.24) is 0 Å². The maximum atomic E-state index is 10.4. The number of hydrogen-bond acceptors (Lipinski definition) is 3. The molecular weight excluding hydrogens is 250 g/mol. The molecule has 1 aliphatic carbocycles. The van der Waals surface area contributed by atoms with Crippen LogP contribution in [0, 0.1) is 17.8 Å². The molecule has 0 amide bonds. The number of anilines is 1. The van der Waals surface area contributed by atoms with Crippen LogP contribution in [-0.2, 0) is 0 Å². The third-order valence-electron chi connectivity index (χ3n) is 4.62. The maximum Gasteiger partial charge on any atom is 0.120 e. The van der Waals surface area contributed by atoms with Gasteiger partial charge in [0, 0.05) is 31.3 Å². The van der Waals surface area contributed by atoms with Crippen molar-refractivity contribution in [2.75, 3.05) is 25.6 Å². The van der Waals surface area contributed by atoms with Crippen LogP contribution >= 0.6 is 0 Å². The molecule has 4 atom stereocenters. The van der Waals surface area contributed by atoms with Gasteiger partial charge in [-0.05, 0) is 36.8 Å². The van der Waals surface area contributed by atoms with Gasteiger partial charge in [-0.2, -0.15) is 0 Å². The maximum absolute atomic E-state index is 10.4. The first-order chi connectivity index (χ1) is 9.51. The largest absolute Gasteiger partial charge is 0.497 e. The molecule has 1 saturated carbocycles. The van der Waals surface area contributed by atoms with E-state index in [-0.39, 0.29) is 6.10 Å². The lowest BCUT2D eigenvalue weighted by Crippen LogP contribution is -2.41. The zero-order chi connectivity index (χ0) is 14.7. The summed E-state index contributed by atoms with van der Waals surface area (Å²) in [5.74, 6) is 2.43. The van der Waals surface area contributed by atoms with Gasteiger partial charge in [0.15, 0.2) is 0 Å². The molecule has 0 spiro atoms. The van der Waals surface area contributed by atoms with Gasteiger partial charge in [-0.25, -0.2) is 0 Å². The standard InChI is InChI=1S/C17H27NO2/c1-12-8-13(2)16(17(19)9-12)11-18(3)14-6-5-7-15(10-14)20-4/h5-7,10,12-13,16-17,19H,8-9,11H2,1-4H3. The number of nitrogens with zero attached hydrogens (tertiary/aromatic N) is 1. The van der Waals surface area contributed by atoms with Crippen molar-refractivity contribution >= 4 is 5.69 Å². The number of benzene rings is 1. The highest BCUT2D eigenvalue weighted by molar-refractivity contribution is 5.50. The Kier molecular flexibility index (Phi) is 4.92. The monoisotopic (exact) mass is 277 g/mol. The summed E-state index contributed by atoms with van der Waals surface area (Å²) in [6.45, 7) is 5.40. The van der Waals surface area contributed by atoms with E-state index in [9.17, 15) is 5.11 Å². The Hall–Kier alpha value is -1.22. The van der Waals surface area contributed by atoms with Crippen molar-refractivity contribution < 1.29 is 9.84 Å². The molecule has 1 aromatic carbocycles. The Labute approximate surface area is 122 Å². The van der Waals surface area contributed by atoms with E-state index in [0.717, 1.165) is 24.4 Å². The topological polar surface area (TPSA) is 32.7 Å². The van der Waals surface area contributed by atoms with Crippen molar-refractivity contribution in [3.8, 4) is 5.75 Å². The van der Waals surface area contributed by atoms with E-state index in [1.807, 2.05) is 18.2 Å². The molecule has 112 valence electrons. The van der Waals surface area contributed by atoms with Gasteiger partial charge in [0.25, 0.3) is 0 Å². The molecule has 20 heavy (non-hydrogen) atoms. The molecule has 0 radical (unpaired) electrons. The molecule has 0 aromatic heterocycles. The minimum Gasteiger partial charge on any atom is -0.497 e. The second kappa shape index (κ2) is 6.49. The quantitative estimate of drug-likeness (QED) is 0.917. The molecule has 0 heterocycles. The molecule has 3 heteroatoms. The fraction of sp³-hybridized carbons (Fsp3) is 0.647. The van der Waals surface area contributed by atoms with Gasteiger partial charge in [0.2, 0.25) is 0 Å². The summed E-state index contributed by atoms with van der Waals surface area (Å²) in [5, 5.41) is 10.4. The summed E-state index contributed by atoms with van der Waals surface area (Å²) in [6, 6.07) is 8.10. The van der Waals surface area contributed by atoms with E-state index < -0.39 is 0 Å². The van der Waals surface area contributed by atoms with Crippen LogP contribution < -0.4 is 9.64 Å². The van der Waals surface area contributed by atoms with Crippen LogP contribution in [0.4, 0.5) is 5.69 Å². The van der Waals surface area contributed by atoms with Crippen LogP contribution in [0.5, 0.6) is 5.75 Å². The van der Waals surface area contributed by atoms with Crippen molar-refractivity contribution in [1.29, 1.82) is 0 Å². The van der Waals surface area contributed by atoms with Crippen molar-refractivity contribution in [2.45, 2.75) is 32.8 Å². The third-order valence-corrected chi connectivity index (χ3v) is 4.62. The van der Waals surface area contributed by atoms with Crippen molar-refractivity contribution in [2.24, 2.45) is 17.8 Å². The smallest absolute Gasteiger partial charge is 0.120 e. The SMILES string of the molecule is COc1cccc(N(C)CC2C(C)CC(C)CC2O)c1. The van der Waals surface area contributed by atoms with Crippen LogP contribution in [0.3, 0.4) is 0 Å². The predicted molar refractivity (Wildman–Crippen MR) is 83.3 cm³/mol. The minimum atomic E-state index is -0.179. The first-order valence-electron chi connectivity index (χ1n) is 7.54. The lowest BCUT2D eigenvalue weighted by atomic mass is 9.73. The zero-order valence-electron chi connectivity index (χ0n) is 13.0. The summed E-state index contributed by atoms with van der Waals surface area (Å²) in [4.78, 5) is 2.23. The van der Waals surface area contributed by atoms with Crippen LogP contribution in [0.25, 0.3) is 0 Å². The molecule has 3 nitrogen and oxygen atoms in total. The fourth-order valence-electron chi connectivity index (χ4n) is 3.44. The highest BCUT2D eigenvalue weighted by Crippen LogP contribution is 2.35. The normalized spacial score (nSPS) is 30.1. The number of aliphatic hydroxyl groups excluding tert-OH is 1. The van der Waals surface area contributed by atoms with Crippen LogP contribution in [0.15, 0.2) is 24.3 Å². The summed E-state index contributed by atoms with van der Waals surface area (Å²) >= 11 is 0. The van der Waals surface area contributed by atoms with Gasteiger partial charge < -0.3 is 14.7 Å². The Balaban J connectivity index is 2.04. The van der Waals surface area contributed by atoms with E-state index in [1.54, 1.807) is 7.11 Å². The molecule has 1 aromatic rings. The van der Waals surface area contributed by atoms with E-state index in [0.29, 0.717) is 17.8 Å². The molecule has 1 aliphatic rings. The molecule has 1 N–H and O–H groups in total. The average Bonchev–Trinajstić information content (AvgIpc) is 2.42. The fourth-order valence-corrected chi connectivity index (χ4v) is 3.44. The van der Waals surface area contributed by atoms with Gasteiger partial charge in [0.1, 0.15) is 5.75 Å². The molecular formula is C17H27NO2. The Morgan fingerprint density at radius 1 is 1.30 bits per heavy atom. The second-order valence-corrected chi connectivity index (χ2v) is 6.37. The van der Waals surface area contributed by atoms with Gasteiger partial charge >= 0.3 is 0 Å². The molecule has 1 fully saturated rings. The summed E-state index contributed by atoms with van der Waals surface area (Å²) < 4.78 is 5.28. The van der Waals surface area contributed by atoms with Gasteiger partial charge in [-0.15, -0.1) is 0 Å². The van der Waals surface area contributed by atoms with E-state index in [4.69, 9.17) is 4.74 Å². The van der Waals surface area contributed by atoms with Gasteiger partial charge in [0.05, 0.1) is 13.2 Å². The number of aliphatic hydroxyl groups is 1. The predicted octanol–water partition coefficient (Wildman–Crippen LogP) is 3.17. The van der Waals surface area contributed by atoms with Gasteiger partial charge in [-0.3, -0.25) is 0 Å². The number of hydrogen-bond donors (Lipinski definition) is 1. The van der Waals surface area contributed by atoms with E-state index in [1.165, 1.54) is 6.42 Å². The molecule has 0 bridgehead atoms. The van der Waals surface area contributed by atoms with Crippen molar-refractivity contribution in [3.63, 3.8) is 0 Å².